The highest BCUT2D eigenvalue weighted by atomic mass is 16.5. The van der Waals surface area contributed by atoms with Gasteiger partial charge in [-0.25, -0.2) is 0 Å². The summed E-state index contributed by atoms with van der Waals surface area (Å²) in [5.74, 6) is 0.618. The summed E-state index contributed by atoms with van der Waals surface area (Å²) in [6.07, 6.45) is 0. The lowest BCUT2D eigenvalue weighted by Crippen LogP contribution is -1.99. The molecule has 3 heteroatoms. The zero-order valence-corrected chi connectivity index (χ0v) is 10.3. The standard InChI is InChI=1S/C16H12BO2/c18-17-19-14-8-3-7-13(11-14)16-10-4-6-12-5-1-2-9-15(12)16/h1-11,18H. The lowest BCUT2D eigenvalue weighted by atomic mass is 9.98. The maximum Gasteiger partial charge on any atom is 0.569 e. The van der Waals surface area contributed by atoms with Gasteiger partial charge < -0.3 is 9.68 Å². The number of hydrogen-bond donors (Lipinski definition) is 1. The zero-order chi connectivity index (χ0) is 13.1. The molecule has 0 aromatic heterocycles. The summed E-state index contributed by atoms with van der Waals surface area (Å²) in [6, 6.07) is 22.2. The van der Waals surface area contributed by atoms with Gasteiger partial charge in [0.25, 0.3) is 0 Å². The molecule has 3 aromatic rings. The number of rotatable bonds is 3. The molecule has 0 spiro atoms. The van der Waals surface area contributed by atoms with E-state index in [4.69, 9.17) is 9.68 Å². The smallest absolute Gasteiger partial charge is 0.537 e. The Hall–Kier alpha value is -2.26. The number of hydrogen-bond acceptors (Lipinski definition) is 2. The maximum atomic E-state index is 8.71. The Kier molecular flexibility index (Phi) is 3.21. The number of benzene rings is 3. The second-order valence-electron chi connectivity index (χ2n) is 4.28. The molecule has 1 radical (unpaired) electrons. The highest BCUT2D eigenvalue weighted by Gasteiger charge is 2.04. The Morgan fingerprint density at radius 3 is 2.53 bits per heavy atom. The zero-order valence-electron chi connectivity index (χ0n) is 10.3. The third-order valence-corrected chi connectivity index (χ3v) is 3.12. The summed E-state index contributed by atoms with van der Waals surface area (Å²) in [5.41, 5.74) is 2.22. The van der Waals surface area contributed by atoms with Crippen LogP contribution in [0.5, 0.6) is 5.75 Å². The molecule has 3 aromatic carbocycles. The molecule has 0 heterocycles. The fourth-order valence-electron chi connectivity index (χ4n) is 2.27. The summed E-state index contributed by atoms with van der Waals surface area (Å²) in [5, 5.41) is 11.1. The van der Waals surface area contributed by atoms with Gasteiger partial charge in [0, 0.05) is 0 Å². The molecule has 19 heavy (non-hydrogen) atoms. The lowest BCUT2D eigenvalue weighted by molar-refractivity contribution is 0.454. The quantitative estimate of drug-likeness (QED) is 0.718. The predicted octanol–water partition coefficient (Wildman–Crippen LogP) is 3.41. The maximum absolute atomic E-state index is 8.71. The van der Waals surface area contributed by atoms with Crippen molar-refractivity contribution in [2.24, 2.45) is 0 Å². The Morgan fingerprint density at radius 2 is 1.63 bits per heavy atom. The van der Waals surface area contributed by atoms with Gasteiger partial charge in [-0.2, -0.15) is 0 Å². The van der Waals surface area contributed by atoms with Crippen LogP contribution in [0.4, 0.5) is 0 Å². The summed E-state index contributed by atoms with van der Waals surface area (Å²) < 4.78 is 5.01. The van der Waals surface area contributed by atoms with Crippen LogP contribution >= 0.6 is 0 Å². The molecule has 3 rings (SSSR count). The minimum Gasteiger partial charge on any atom is -0.537 e. The average molecular weight is 247 g/mol. The highest BCUT2D eigenvalue weighted by Crippen LogP contribution is 2.30. The molecular weight excluding hydrogens is 235 g/mol. The van der Waals surface area contributed by atoms with E-state index in [0.29, 0.717) is 13.4 Å². The molecule has 1 N–H and O–H groups in total. The third kappa shape index (κ3) is 2.33. The van der Waals surface area contributed by atoms with Crippen LogP contribution in [-0.2, 0) is 0 Å². The molecule has 0 unspecified atom stereocenters. The van der Waals surface area contributed by atoms with E-state index in [-0.39, 0.29) is 0 Å². The molecule has 0 bridgehead atoms. The minimum atomic E-state index is 0.618. The van der Waals surface area contributed by atoms with Crippen LogP contribution in [0.1, 0.15) is 0 Å². The van der Waals surface area contributed by atoms with Crippen LogP contribution in [-0.4, -0.2) is 12.7 Å². The van der Waals surface area contributed by atoms with Crippen molar-refractivity contribution in [2.75, 3.05) is 0 Å². The van der Waals surface area contributed by atoms with Crippen molar-refractivity contribution in [2.45, 2.75) is 0 Å². The normalized spacial score (nSPS) is 10.4. The first-order valence-corrected chi connectivity index (χ1v) is 6.09. The fraction of sp³-hybridized carbons (Fsp3) is 0. The Bertz CT molecular complexity index is 704. The van der Waals surface area contributed by atoms with Gasteiger partial charge in [-0.05, 0) is 34.0 Å². The summed E-state index contributed by atoms with van der Waals surface area (Å²) in [6.45, 7) is 0. The largest absolute Gasteiger partial charge is 0.569 e. The van der Waals surface area contributed by atoms with Gasteiger partial charge in [0.1, 0.15) is 5.75 Å². The van der Waals surface area contributed by atoms with Gasteiger partial charge in [-0.15, -0.1) is 0 Å². The molecule has 0 amide bonds. The summed E-state index contributed by atoms with van der Waals surface area (Å²) in [4.78, 5) is 0. The Morgan fingerprint density at radius 1 is 0.842 bits per heavy atom. The van der Waals surface area contributed by atoms with E-state index in [2.05, 4.69) is 24.3 Å². The van der Waals surface area contributed by atoms with Gasteiger partial charge in [-0.1, -0.05) is 54.6 Å². The fourth-order valence-corrected chi connectivity index (χ4v) is 2.27. The van der Waals surface area contributed by atoms with Crippen molar-refractivity contribution < 1.29 is 9.68 Å². The molecule has 0 atom stereocenters. The van der Waals surface area contributed by atoms with Crippen molar-refractivity contribution in [3.63, 3.8) is 0 Å². The van der Waals surface area contributed by atoms with Crippen LogP contribution in [0.2, 0.25) is 0 Å². The first-order valence-electron chi connectivity index (χ1n) is 6.09. The van der Waals surface area contributed by atoms with Gasteiger partial charge in [0.05, 0.1) is 0 Å². The Balaban J connectivity index is 2.16. The molecule has 0 aliphatic heterocycles. The monoisotopic (exact) mass is 247 g/mol. The van der Waals surface area contributed by atoms with Gasteiger partial charge in [0.15, 0.2) is 0 Å². The summed E-state index contributed by atoms with van der Waals surface area (Å²) in [7, 11) is 0.697. The minimum absolute atomic E-state index is 0.618. The van der Waals surface area contributed by atoms with Crippen molar-refractivity contribution in [3.05, 3.63) is 66.7 Å². The highest BCUT2D eigenvalue weighted by molar-refractivity contribution is 6.17. The third-order valence-electron chi connectivity index (χ3n) is 3.12. The topological polar surface area (TPSA) is 29.5 Å². The first-order chi connectivity index (χ1) is 9.38. The van der Waals surface area contributed by atoms with Crippen LogP contribution in [0.3, 0.4) is 0 Å². The molecule has 2 nitrogen and oxygen atoms in total. The van der Waals surface area contributed by atoms with Gasteiger partial charge >= 0.3 is 7.69 Å². The van der Waals surface area contributed by atoms with Crippen molar-refractivity contribution in [1.29, 1.82) is 0 Å². The number of fused-ring (bicyclic) bond motifs is 1. The van der Waals surface area contributed by atoms with Crippen LogP contribution in [0.25, 0.3) is 21.9 Å². The summed E-state index contributed by atoms with van der Waals surface area (Å²) >= 11 is 0. The van der Waals surface area contributed by atoms with Crippen molar-refractivity contribution in [1.82, 2.24) is 0 Å². The molecule has 0 saturated heterocycles. The van der Waals surface area contributed by atoms with E-state index >= 15 is 0 Å². The Labute approximate surface area is 112 Å². The van der Waals surface area contributed by atoms with Crippen LogP contribution < -0.4 is 4.65 Å². The van der Waals surface area contributed by atoms with E-state index in [1.54, 1.807) is 6.07 Å². The van der Waals surface area contributed by atoms with Gasteiger partial charge in [0.2, 0.25) is 0 Å². The molecule has 0 fully saturated rings. The van der Waals surface area contributed by atoms with E-state index < -0.39 is 0 Å². The van der Waals surface area contributed by atoms with E-state index in [1.165, 1.54) is 10.8 Å². The average Bonchev–Trinajstić information content (AvgIpc) is 2.47. The SMILES string of the molecule is O[B]Oc1cccc(-c2cccc3ccccc23)c1. The van der Waals surface area contributed by atoms with Crippen molar-refractivity contribution in [3.8, 4) is 16.9 Å². The second kappa shape index (κ2) is 5.16. The van der Waals surface area contributed by atoms with Crippen molar-refractivity contribution >= 4 is 18.5 Å². The first kappa shape index (κ1) is 11.8. The van der Waals surface area contributed by atoms with E-state index in [9.17, 15) is 0 Å². The van der Waals surface area contributed by atoms with Gasteiger partial charge in [-0.3, -0.25) is 0 Å². The van der Waals surface area contributed by atoms with E-state index in [0.717, 1.165) is 11.1 Å². The van der Waals surface area contributed by atoms with Crippen LogP contribution in [0, 0.1) is 0 Å². The second-order valence-corrected chi connectivity index (χ2v) is 4.28. The molecule has 0 aliphatic rings. The molecule has 91 valence electrons. The molecule has 0 saturated carbocycles. The predicted molar refractivity (Wildman–Crippen MR) is 78.0 cm³/mol. The van der Waals surface area contributed by atoms with E-state index in [1.807, 2.05) is 36.4 Å². The van der Waals surface area contributed by atoms with Crippen LogP contribution in [0.15, 0.2) is 66.7 Å². The lowest BCUT2D eigenvalue weighted by Gasteiger charge is -2.08. The molecular formula is C16H12BO2. The molecule has 0 aliphatic carbocycles.